The lowest BCUT2D eigenvalue weighted by Crippen LogP contribution is -2.54. The lowest BCUT2D eigenvalue weighted by atomic mass is 10.1. The van der Waals surface area contributed by atoms with E-state index in [0.717, 1.165) is 0 Å². The highest BCUT2D eigenvalue weighted by Crippen LogP contribution is 2.00. The van der Waals surface area contributed by atoms with E-state index in [0.29, 0.717) is 5.69 Å². The summed E-state index contributed by atoms with van der Waals surface area (Å²) >= 11 is 0. The monoisotopic (exact) mass is 398 g/mol. The van der Waals surface area contributed by atoms with E-state index < -0.39 is 60.8 Å². The average Bonchev–Trinajstić information content (AvgIpc) is 3.10. The minimum atomic E-state index is -1.64. The maximum Gasteiger partial charge on any atom is 0.326 e. The van der Waals surface area contributed by atoms with Crippen molar-refractivity contribution in [1.82, 2.24) is 25.9 Å². The Labute approximate surface area is 159 Å². The first kappa shape index (κ1) is 22.6. The van der Waals surface area contributed by atoms with Crippen LogP contribution in [0.4, 0.5) is 0 Å². The van der Waals surface area contributed by atoms with Crippen LogP contribution in [0.3, 0.4) is 0 Å². The van der Waals surface area contributed by atoms with E-state index in [1.807, 2.05) is 5.32 Å². The minimum Gasteiger partial charge on any atom is -0.481 e. The molecule has 13 heteroatoms. The molecule has 1 aromatic heterocycles. The number of hydrogen-bond donors (Lipinski definition) is 7. The van der Waals surface area contributed by atoms with Gasteiger partial charge in [-0.3, -0.25) is 19.2 Å². The normalized spacial score (nSPS) is 13.6. The number of carboxylic acids is 2. The number of nitrogens with zero attached hydrogens (tertiary/aromatic N) is 1. The van der Waals surface area contributed by atoms with Gasteiger partial charge >= 0.3 is 11.9 Å². The standard InChI is InChI=1S/C15H22N6O7/c1-7(16)13(25)21-9(2-8-4-17-6-19-8)14(26)18-5-11(22)20-10(15(27)28)3-12(23)24/h4,6-7,9-10H,2-3,5,16H2,1H3,(H,17,19)(H,18,26)(H,20,22)(H,21,25)(H,23,24)(H,27,28). The summed E-state index contributed by atoms with van der Waals surface area (Å²) in [7, 11) is 0. The number of imidazole rings is 1. The third-order valence-electron chi connectivity index (χ3n) is 3.46. The summed E-state index contributed by atoms with van der Waals surface area (Å²) in [6.07, 6.45) is 2.07. The first-order valence-electron chi connectivity index (χ1n) is 8.15. The van der Waals surface area contributed by atoms with Gasteiger partial charge in [-0.1, -0.05) is 0 Å². The molecule has 1 aromatic rings. The van der Waals surface area contributed by atoms with Gasteiger partial charge < -0.3 is 36.9 Å². The minimum absolute atomic E-state index is 0.0443. The summed E-state index contributed by atoms with van der Waals surface area (Å²) in [5, 5.41) is 24.2. The number of aromatic nitrogens is 2. The average molecular weight is 398 g/mol. The SMILES string of the molecule is CC(N)C(=O)NC(Cc1cnc[nH]1)C(=O)NCC(=O)NC(CC(=O)O)C(=O)O. The van der Waals surface area contributed by atoms with Crippen LogP contribution in [0, 0.1) is 0 Å². The Bertz CT molecular complexity index is 718. The summed E-state index contributed by atoms with van der Waals surface area (Å²) in [6.45, 7) is 0.818. The third kappa shape index (κ3) is 7.82. The van der Waals surface area contributed by atoms with Crippen LogP contribution in [0.1, 0.15) is 19.0 Å². The summed E-state index contributed by atoms with van der Waals surface area (Å²) in [4.78, 5) is 64.1. The fourth-order valence-electron chi connectivity index (χ4n) is 2.04. The number of amides is 3. The van der Waals surface area contributed by atoms with Crippen molar-refractivity contribution in [3.05, 3.63) is 18.2 Å². The Balaban J connectivity index is 2.67. The Morgan fingerprint density at radius 2 is 1.82 bits per heavy atom. The molecule has 1 rings (SSSR count). The molecule has 0 spiro atoms. The molecular weight excluding hydrogens is 376 g/mol. The number of H-pyrrole nitrogens is 1. The second-order valence-electron chi connectivity index (χ2n) is 5.90. The fraction of sp³-hybridized carbons (Fsp3) is 0.467. The number of carbonyl (C=O) groups excluding carboxylic acids is 3. The zero-order valence-corrected chi connectivity index (χ0v) is 15.0. The zero-order valence-electron chi connectivity index (χ0n) is 15.0. The van der Waals surface area contributed by atoms with Crippen LogP contribution >= 0.6 is 0 Å². The van der Waals surface area contributed by atoms with E-state index in [-0.39, 0.29) is 6.42 Å². The molecule has 28 heavy (non-hydrogen) atoms. The van der Waals surface area contributed by atoms with E-state index >= 15 is 0 Å². The molecule has 0 saturated heterocycles. The largest absolute Gasteiger partial charge is 0.481 e. The smallest absolute Gasteiger partial charge is 0.326 e. The number of nitrogens with one attached hydrogen (secondary N) is 4. The molecule has 0 radical (unpaired) electrons. The molecule has 0 aliphatic carbocycles. The highest BCUT2D eigenvalue weighted by Gasteiger charge is 2.26. The predicted molar refractivity (Wildman–Crippen MR) is 92.7 cm³/mol. The second-order valence-corrected chi connectivity index (χ2v) is 5.90. The lowest BCUT2D eigenvalue weighted by Gasteiger charge is -2.19. The van der Waals surface area contributed by atoms with Crippen LogP contribution in [0.25, 0.3) is 0 Å². The van der Waals surface area contributed by atoms with E-state index in [9.17, 15) is 24.0 Å². The Morgan fingerprint density at radius 3 is 2.32 bits per heavy atom. The summed E-state index contributed by atoms with van der Waals surface area (Å²) in [6, 6.07) is -3.57. The highest BCUT2D eigenvalue weighted by atomic mass is 16.4. The number of hydrogen-bond acceptors (Lipinski definition) is 7. The maximum absolute atomic E-state index is 12.3. The van der Waals surface area contributed by atoms with Gasteiger partial charge in [0.1, 0.15) is 12.1 Å². The molecule has 0 fully saturated rings. The molecule has 1 heterocycles. The quantitative estimate of drug-likeness (QED) is 0.201. The predicted octanol–water partition coefficient (Wildman–Crippen LogP) is -3.06. The Morgan fingerprint density at radius 1 is 1.14 bits per heavy atom. The molecule has 0 saturated carbocycles. The summed E-state index contributed by atoms with van der Waals surface area (Å²) in [5.74, 6) is -5.14. The number of nitrogens with two attached hydrogens (primary N) is 1. The first-order valence-corrected chi connectivity index (χ1v) is 8.15. The van der Waals surface area contributed by atoms with Crippen LogP contribution in [0.2, 0.25) is 0 Å². The molecular formula is C15H22N6O7. The summed E-state index contributed by atoms with van der Waals surface area (Å²) in [5.41, 5.74) is 6.01. The van der Waals surface area contributed by atoms with E-state index in [2.05, 4.69) is 20.6 Å². The van der Waals surface area contributed by atoms with Crippen LogP contribution in [0.5, 0.6) is 0 Å². The van der Waals surface area contributed by atoms with Gasteiger partial charge in [0.25, 0.3) is 0 Å². The molecule has 13 nitrogen and oxygen atoms in total. The molecule has 0 aliphatic rings. The number of carboxylic acid groups (broad SMARTS) is 2. The van der Waals surface area contributed by atoms with Crippen LogP contribution < -0.4 is 21.7 Å². The molecule has 0 aromatic carbocycles. The van der Waals surface area contributed by atoms with Gasteiger partial charge in [0.2, 0.25) is 17.7 Å². The van der Waals surface area contributed by atoms with Crippen LogP contribution in [-0.2, 0) is 30.4 Å². The lowest BCUT2D eigenvalue weighted by molar-refractivity contribution is -0.147. The molecule has 0 bridgehead atoms. The molecule has 0 aliphatic heterocycles. The number of aromatic amines is 1. The second kappa shape index (κ2) is 10.6. The topological polar surface area (TPSA) is 217 Å². The first-order chi connectivity index (χ1) is 13.1. The number of carbonyl (C=O) groups is 5. The van der Waals surface area contributed by atoms with Crippen molar-refractivity contribution in [1.29, 1.82) is 0 Å². The van der Waals surface area contributed by atoms with Gasteiger partial charge in [-0.25, -0.2) is 9.78 Å². The maximum atomic E-state index is 12.3. The van der Waals surface area contributed by atoms with E-state index in [1.165, 1.54) is 19.4 Å². The van der Waals surface area contributed by atoms with Crippen molar-refractivity contribution in [2.24, 2.45) is 5.73 Å². The van der Waals surface area contributed by atoms with Crippen molar-refractivity contribution in [3.63, 3.8) is 0 Å². The van der Waals surface area contributed by atoms with Crippen molar-refractivity contribution in [2.45, 2.75) is 37.9 Å². The summed E-state index contributed by atoms with van der Waals surface area (Å²) < 4.78 is 0. The van der Waals surface area contributed by atoms with Crippen molar-refractivity contribution >= 4 is 29.7 Å². The molecule has 3 unspecified atom stereocenters. The molecule has 3 atom stereocenters. The van der Waals surface area contributed by atoms with Gasteiger partial charge in [-0.05, 0) is 6.92 Å². The van der Waals surface area contributed by atoms with Gasteiger partial charge in [-0.15, -0.1) is 0 Å². The van der Waals surface area contributed by atoms with Gasteiger partial charge in [0, 0.05) is 18.3 Å². The van der Waals surface area contributed by atoms with Crippen molar-refractivity contribution in [3.8, 4) is 0 Å². The Hall–Kier alpha value is -3.48. The Kier molecular flexibility index (Phi) is 8.55. The third-order valence-corrected chi connectivity index (χ3v) is 3.46. The van der Waals surface area contributed by atoms with E-state index in [4.69, 9.17) is 15.9 Å². The van der Waals surface area contributed by atoms with Gasteiger partial charge in [0.05, 0.1) is 25.3 Å². The number of rotatable bonds is 11. The van der Waals surface area contributed by atoms with E-state index in [1.54, 1.807) is 0 Å². The van der Waals surface area contributed by atoms with Crippen LogP contribution in [-0.4, -0.2) is 74.5 Å². The molecule has 154 valence electrons. The fourth-order valence-corrected chi connectivity index (χ4v) is 2.04. The highest BCUT2D eigenvalue weighted by molar-refractivity contribution is 5.93. The van der Waals surface area contributed by atoms with Crippen molar-refractivity contribution in [2.75, 3.05) is 6.54 Å². The molecule has 8 N–H and O–H groups in total. The molecule has 3 amide bonds. The number of aliphatic carboxylic acids is 2. The van der Waals surface area contributed by atoms with Gasteiger partial charge in [-0.2, -0.15) is 0 Å². The van der Waals surface area contributed by atoms with Crippen molar-refractivity contribution < 1.29 is 34.2 Å². The van der Waals surface area contributed by atoms with Gasteiger partial charge in [0.15, 0.2) is 0 Å². The van der Waals surface area contributed by atoms with Crippen LogP contribution in [0.15, 0.2) is 12.5 Å². The zero-order chi connectivity index (χ0) is 21.3.